The van der Waals surface area contributed by atoms with Crippen LogP contribution in [-0.2, 0) is 17.5 Å². The van der Waals surface area contributed by atoms with Crippen molar-refractivity contribution in [2.75, 3.05) is 0 Å². The van der Waals surface area contributed by atoms with Crippen LogP contribution in [0.15, 0.2) is 69.7 Å². The maximum absolute atomic E-state index is 13.1. The SMILES string of the molecule is Cc1ccc(C2C(C(=O)c3cccs3)=C(O)C(=O)N2Cc2cccc(C(F)(F)F)c2)o1. The van der Waals surface area contributed by atoms with Crippen molar-refractivity contribution < 1.29 is 32.3 Å². The summed E-state index contributed by atoms with van der Waals surface area (Å²) in [7, 11) is 0. The average Bonchev–Trinajstić information content (AvgIpc) is 3.44. The molecule has 0 bridgehead atoms. The van der Waals surface area contributed by atoms with E-state index in [-0.39, 0.29) is 23.4 Å². The van der Waals surface area contributed by atoms with Gasteiger partial charge in [0.25, 0.3) is 5.91 Å². The number of aliphatic hydroxyl groups excluding tert-OH is 1. The summed E-state index contributed by atoms with van der Waals surface area (Å²) in [4.78, 5) is 27.4. The molecular weight excluding hydrogens is 431 g/mol. The molecule has 4 rings (SSSR count). The summed E-state index contributed by atoms with van der Waals surface area (Å²) >= 11 is 1.15. The highest BCUT2D eigenvalue weighted by atomic mass is 32.1. The Morgan fingerprint density at radius 3 is 2.58 bits per heavy atom. The van der Waals surface area contributed by atoms with Crippen LogP contribution in [0.5, 0.6) is 0 Å². The Morgan fingerprint density at radius 1 is 1.19 bits per heavy atom. The third-order valence-electron chi connectivity index (χ3n) is 4.93. The van der Waals surface area contributed by atoms with Gasteiger partial charge in [0, 0.05) is 6.54 Å². The number of aliphatic hydroxyl groups is 1. The Hall–Kier alpha value is -3.33. The maximum Gasteiger partial charge on any atom is 0.416 e. The first kappa shape index (κ1) is 20.9. The fourth-order valence-electron chi connectivity index (χ4n) is 3.53. The van der Waals surface area contributed by atoms with Crippen molar-refractivity contribution in [1.29, 1.82) is 0 Å². The molecule has 1 unspecified atom stereocenters. The predicted octanol–water partition coefficient (Wildman–Crippen LogP) is 5.45. The molecule has 31 heavy (non-hydrogen) atoms. The number of amides is 1. The summed E-state index contributed by atoms with van der Waals surface area (Å²) in [6.07, 6.45) is -4.54. The van der Waals surface area contributed by atoms with E-state index in [1.165, 1.54) is 12.1 Å². The Bertz CT molecular complexity index is 1180. The van der Waals surface area contributed by atoms with E-state index in [4.69, 9.17) is 4.42 Å². The van der Waals surface area contributed by atoms with Crippen LogP contribution >= 0.6 is 11.3 Å². The van der Waals surface area contributed by atoms with Crippen LogP contribution in [0, 0.1) is 6.92 Å². The number of nitrogens with zero attached hydrogens (tertiary/aromatic N) is 1. The van der Waals surface area contributed by atoms with Crippen molar-refractivity contribution in [3.8, 4) is 0 Å². The summed E-state index contributed by atoms with van der Waals surface area (Å²) < 4.78 is 44.9. The molecule has 3 aromatic rings. The van der Waals surface area contributed by atoms with Gasteiger partial charge in [-0.1, -0.05) is 18.2 Å². The quantitative estimate of drug-likeness (QED) is 0.529. The van der Waals surface area contributed by atoms with Crippen LogP contribution < -0.4 is 0 Å². The molecule has 0 saturated carbocycles. The van der Waals surface area contributed by atoms with Crippen molar-refractivity contribution in [2.24, 2.45) is 0 Å². The molecule has 0 saturated heterocycles. The molecule has 1 aliphatic heterocycles. The average molecular weight is 447 g/mol. The number of aryl methyl sites for hydroxylation is 1. The highest BCUT2D eigenvalue weighted by molar-refractivity contribution is 7.12. The molecule has 0 fully saturated rings. The lowest BCUT2D eigenvalue weighted by Crippen LogP contribution is -2.30. The summed E-state index contributed by atoms with van der Waals surface area (Å²) in [5, 5.41) is 12.2. The molecular formula is C22H16F3NO4S. The third kappa shape index (κ3) is 3.88. The summed E-state index contributed by atoms with van der Waals surface area (Å²) in [5.41, 5.74) is -0.808. The number of benzene rings is 1. The highest BCUT2D eigenvalue weighted by Gasteiger charge is 2.45. The number of ketones is 1. The second kappa shape index (κ2) is 7.73. The fraction of sp³-hybridized carbons (Fsp3) is 0.182. The van der Waals surface area contributed by atoms with E-state index in [2.05, 4.69) is 0 Å². The number of hydrogen-bond donors (Lipinski definition) is 1. The summed E-state index contributed by atoms with van der Waals surface area (Å²) in [6.45, 7) is 1.43. The number of alkyl halides is 3. The zero-order valence-corrected chi connectivity index (χ0v) is 17.0. The molecule has 1 amide bonds. The van der Waals surface area contributed by atoms with Gasteiger partial charge in [-0.05, 0) is 48.2 Å². The smallest absolute Gasteiger partial charge is 0.416 e. The second-order valence-electron chi connectivity index (χ2n) is 7.05. The van der Waals surface area contributed by atoms with E-state index in [1.54, 1.807) is 36.6 Å². The Labute approximate surface area is 179 Å². The van der Waals surface area contributed by atoms with E-state index in [9.17, 15) is 27.9 Å². The standard InChI is InChI=1S/C22H16F3NO4S/c1-12-7-8-15(30-12)18-17(19(27)16-6-3-9-31-16)20(28)21(29)26(18)11-13-4-2-5-14(10-13)22(23,24)25/h2-10,18,28H,11H2,1H3. The van der Waals surface area contributed by atoms with Crippen molar-refractivity contribution in [3.63, 3.8) is 0 Å². The van der Waals surface area contributed by atoms with Crippen molar-refractivity contribution >= 4 is 23.0 Å². The van der Waals surface area contributed by atoms with Gasteiger partial charge in [0.05, 0.1) is 16.0 Å². The largest absolute Gasteiger partial charge is 0.503 e. The Kier molecular flexibility index (Phi) is 5.22. The van der Waals surface area contributed by atoms with E-state index < -0.39 is 35.2 Å². The van der Waals surface area contributed by atoms with E-state index in [0.717, 1.165) is 28.4 Å². The maximum atomic E-state index is 13.1. The topological polar surface area (TPSA) is 70.8 Å². The number of furan rings is 1. The summed E-state index contributed by atoms with van der Waals surface area (Å²) in [6, 6.07) is 9.95. The van der Waals surface area contributed by atoms with Crippen LogP contribution in [0.4, 0.5) is 13.2 Å². The number of carbonyl (C=O) groups excluding carboxylic acids is 2. The van der Waals surface area contributed by atoms with Crippen molar-refractivity contribution in [1.82, 2.24) is 4.90 Å². The van der Waals surface area contributed by atoms with Gasteiger partial charge in [0.1, 0.15) is 17.6 Å². The van der Waals surface area contributed by atoms with Gasteiger partial charge in [0.2, 0.25) is 5.78 Å². The van der Waals surface area contributed by atoms with E-state index in [0.29, 0.717) is 10.6 Å². The zero-order chi connectivity index (χ0) is 22.3. The highest BCUT2D eigenvalue weighted by Crippen LogP contribution is 2.41. The van der Waals surface area contributed by atoms with Crippen LogP contribution in [0.1, 0.15) is 38.4 Å². The van der Waals surface area contributed by atoms with Gasteiger partial charge in [-0.3, -0.25) is 9.59 Å². The van der Waals surface area contributed by atoms with Gasteiger partial charge in [-0.2, -0.15) is 13.2 Å². The van der Waals surface area contributed by atoms with E-state index in [1.807, 2.05) is 0 Å². The molecule has 160 valence electrons. The predicted molar refractivity (Wildman–Crippen MR) is 106 cm³/mol. The first-order valence-corrected chi connectivity index (χ1v) is 10.1. The molecule has 1 N–H and O–H groups in total. The van der Waals surface area contributed by atoms with Crippen LogP contribution in [0.3, 0.4) is 0 Å². The molecule has 2 aromatic heterocycles. The first-order chi connectivity index (χ1) is 14.7. The molecule has 1 atom stereocenters. The van der Waals surface area contributed by atoms with Gasteiger partial charge < -0.3 is 14.4 Å². The fourth-order valence-corrected chi connectivity index (χ4v) is 4.21. The minimum atomic E-state index is -4.54. The van der Waals surface area contributed by atoms with Crippen LogP contribution in [-0.4, -0.2) is 21.7 Å². The summed E-state index contributed by atoms with van der Waals surface area (Å²) in [5.74, 6) is -1.36. The lowest BCUT2D eigenvalue weighted by atomic mass is 10.00. The van der Waals surface area contributed by atoms with E-state index >= 15 is 0 Å². The minimum Gasteiger partial charge on any atom is -0.503 e. The van der Waals surface area contributed by atoms with Gasteiger partial charge in [-0.25, -0.2) is 0 Å². The van der Waals surface area contributed by atoms with Gasteiger partial charge >= 0.3 is 6.18 Å². The number of thiophene rings is 1. The third-order valence-corrected chi connectivity index (χ3v) is 5.80. The normalized spacial score (nSPS) is 17.0. The van der Waals surface area contributed by atoms with Gasteiger partial charge in [-0.15, -0.1) is 11.3 Å². The molecule has 5 nitrogen and oxygen atoms in total. The van der Waals surface area contributed by atoms with Crippen LogP contribution in [0.2, 0.25) is 0 Å². The number of rotatable bonds is 5. The Balaban J connectivity index is 1.76. The lowest BCUT2D eigenvalue weighted by Gasteiger charge is -2.25. The molecule has 1 aliphatic rings. The number of halogens is 3. The molecule has 9 heteroatoms. The van der Waals surface area contributed by atoms with Crippen LogP contribution in [0.25, 0.3) is 0 Å². The monoisotopic (exact) mass is 447 g/mol. The van der Waals surface area contributed by atoms with Crippen molar-refractivity contribution in [3.05, 3.63) is 92.8 Å². The van der Waals surface area contributed by atoms with Crippen molar-refractivity contribution in [2.45, 2.75) is 25.7 Å². The number of carbonyl (C=O) groups is 2. The number of Topliss-reactive ketones (excluding diaryl/α,β-unsaturated/α-hetero) is 1. The Morgan fingerprint density at radius 2 is 1.97 bits per heavy atom. The lowest BCUT2D eigenvalue weighted by molar-refractivity contribution is -0.137. The molecule has 0 radical (unpaired) electrons. The molecule has 0 spiro atoms. The molecule has 3 heterocycles. The molecule has 1 aromatic carbocycles. The zero-order valence-electron chi connectivity index (χ0n) is 16.1. The molecule has 0 aliphatic carbocycles. The first-order valence-electron chi connectivity index (χ1n) is 9.21. The minimum absolute atomic E-state index is 0.159. The number of hydrogen-bond acceptors (Lipinski definition) is 5. The second-order valence-corrected chi connectivity index (χ2v) is 8.00. The van der Waals surface area contributed by atoms with Gasteiger partial charge in [0.15, 0.2) is 5.76 Å².